The molecule has 2 saturated carbocycles. The summed E-state index contributed by atoms with van der Waals surface area (Å²) in [6.07, 6.45) is 0.515. The van der Waals surface area contributed by atoms with Gasteiger partial charge in [0.15, 0.2) is 0 Å². The first-order valence-corrected chi connectivity index (χ1v) is 9.59. The molecule has 3 fully saturated rings. The fourth-order valence-corrected chi connectivity index (χ4v) is 5.11. The van der Waals surface area contributed by atoms with Gasteiger partial charge in [-0.05, 0) is 68.6 Å². The van der Waals surface area contributed by atoms with Crippen LogP contribution in [0.4, 0.5) is 17.6 Å². The molecule has 0 aromatic rings. The van der Waals surface area contributed by atoms with Gasteiger partial charge in [-0.1, -0.05) is 6.92 Å². The van der Waals surface area contributed by atoms with Crippen LogP contribution in [0.3, 0.4) is 0 Å². The summed E-state index contributed by atoms with van der Waals surface area (Å²) in [7, 11) is 0. The summed E-state index contributed by atoms with van der Waals surface area (Å²) in [6.45, 7) is 1.96. The minimum absolute atomic E-state index is 0.113. The number of alkyl halides is 4. The molecular formula is C19H30F4O. The van der Waals surface area contributed by atoms with Crippen molar-refractivity contribution in [3.63, 3.8) is 0 Å². The molecule has 5 heteroatoms. The van der Waals surface area contributed by atoms with Crippen molar-refractivity contribution in [3.05, 3.63) is 0 Å². The van der Waals surface area contributed by atoms with Gasteiger partial charge in [-0.15, -0.1) is 0 Å². The summed E-state index contributed by atoms with van der Waals surface area (Å²) in [5.41, 5.74) is 0. The minimum atomic E-state index is -1.48. The Morgan fingerprint density at radius 1 is 0.833 bits per heavy atom. The summed E-state index contributed by atoms with van der Waals surface area (Å²) in [6, 6.07) is 0. The lowest BCUT2D eigenvalue weighted by Crippen LogP contribution is -2.44. The summed E-state index contributed by atoms with van der Waals surface area (Å²) in [5.74, 6) is -0.907. The van der Waals surface area contributed by atoms with Crippen LogP contribution in [0.1, 0.15) is 51.9 Å². The van der Waals surface area contributed by atoms with E-state index in [2.05, 4.69) is 6.92 Å². The highest BCUT2D eigenvalue weighted by Crippen LogP contribution is 2.46. The van der Waals surface area contributed by atoms with E-state index in [1.54, 1.807) is 0 Å². The molecule has 3 aliphatic rings. The van der Waals surface area contributed by atoms with E-state index in [0.717, 1.165) is 25.9 Å². The summed E-state index contributed by atoms with van der Waals surface area (Å²) < 4.78 is 61.4. The lowest BCUT2D eigenvalue weighted by molar-refractivity contribution is -0.0753. The summed E-state index contributed by atoms with van der Waals surface area (Å²) in [4.78, 5) is 0. The van der Waals surface area contributed by atoms with Crippen molar-refractivity contribution in [2.24, 2.45) is 29.6 Å². The van der Waals surface area contributed by atoms with Gasteiger partial charge >= 0.3 is 0 Å². The van der Waals surface area contributed by atoms with Crippen LogP contribution in [-0.2, 0) is 4.74 Å². The van der Waals surface area contributed by atoms with Crippen LogP contribution in [0.5, 0.6) is 0 Å². The lowest BCUT2D eigenvalue weighted by atomic mass is 9.66. The largest absolute Gasteiger partial charge is 0.378 e. The van der Waals surface area contributed by atoms with Crippen molar-refractivity contribution in [3.8, 4) is 0 Å². The Hall–Kier alpha value is -0.320. The molecule has 1 aliphatic heterocycles. The highest BCUT2D eigenvalue weighted by atomic mass is 19.2. The van der Waals surface area contributed by atoms with E-state index >= 15 is 0 Å². The van der Waals surface area contributed by atoms with E-state index in [4.69, 9.17) is 4.74 Å². The fourth-order valence-electron chi connectivity index (χ4n) is 5.11. The first-order valence-electron chi connectivity index (χ1n) is 9.59. The second-order valence-electron chi connectivity index (χ2n) is 8.39. The zero-order valence-electron chi connectivity index (χ0n) is 14.5. The van der Waals surface area contributed by atoms with Crippen LogP contribution in [0.2, 0.25) is 0 Å². The molecule has 2 aliphatic carbocycles. The minimum Gasteiger partial charge on any atom is -0.378 e. The third-order valence-corrected chi connectivity index (χ3v) is 6.70. The lowest BCUT2D eigenvalue weighted by Gasteiger charge is -2.43. The maximum absolute atomic E-state index is 14.8. The average molecular weight is 350 g/mol. The van der Waals surface area contributed by atoms with Crippen LogP contribution in [0.25, 0.3) is 0 Å². The molecule has 0 bridgehead atoms. The smallest absolute Gasteiger partial charge is 0.108 e. The molecule has 140 valence electrons. The summed E-state index contributed by atoms with van der Waals surface area (Å²) in [5, 5.41) is 0. The van der Waals surface area contributed by atoms with Crippen molar-refractivity contribution in [1.29, 1.82) is 0 Å². The van der Waals surface area contributed by atoms with E-state index in [1.165, 1.54) is 0 Å². The van der Waals surface area contributed by atoms with Gasteiger partial charge in [0.1, 0.15) is 18.5 Å². The van der Waals surface area contributed by atoms with Crippen LogP contribution in [0.15, 0.2) is 0 Å². The highest BCUT2D eigenvalue weighted by Gasteiger charge is 2.45. The molecule has 0 aromatic heterocycles. The van der Waals surface area contributed by atoms with Gasteiger partial charge in [-0.2, -0.15) is 0 Å². The first kappa shape index (κ1) is 18.5. The van der Waals surface area contributed by atoms with Gasteiger partial charge in [0.05, 0.1) is 12.8 Å². The van der Waals surface area contributed by atoms with Gasteiger partial charge in [0.25, 0.3) is 0 Å². The Morgan fingerprint density at radius 3 is 2.04 bits per heavy atom. The Bertz CT molecular complexity index is 387. The second-order valence-corrected chi connectivity index (χ2v) is 8.39. The molecule has 0 spiro atoms. The fraction of sp³-hybridized carbons (Fsp3) is 1.00. The second kappa shape index (κ2) is 7.92. The third-order valence-electron chi connectivity index (χ3n) is 6.70. The quantitative estimate of drug-likeness (QED) is 0.634. The van der Waals surface area contributed by atoms with E-state index in [-0.39, 0.29) is 36.7 Å². The molecule has 1 heterocycles. The van der Waals surface area contributed by atoms with E-state index < -0.39 is 31.1 Å². The maximum atomic E-state index is 14.8. The third kappa shape index (κ3) is 3.91. The molecule has 24 heavy (non-hydrogen) atoms. The Kier molecular flexibility index (Phi) is 6.10. The van der Waals surface area contributed by atoms with Crippen molar-refractivity contribution in [2.45, 2.75) is 76.5 Å². The van der Waals surface area contributed by atoms with Gasteiger partial charge in [-0.25, -0.2) is 13.2 Å². The van der Waals surface area contributed by atoms with E-state index in [9.17, 15) is 17.6 Å². The van der Waals surface area contributed by atoms with Crippen LogP contribution >= 0.6 is 0 Å². The molecule has 1 nitrogen and oxygen atoms in total. The van der Waals surface area contributed by atoms with E-state index in [1.807, 2.05) is 0 Å². The SMILES string of the molecule is CC1CCC(C2CCC(C3CC(F)C(CF)C(F)C3)C(F)C2)OC1. The molecule has 7 unspecified atom stereocenters. The average Bonchev–Trinajstić information content (AvgIpc) is 2.55. The van der Waals surface area contributed by atoms with Crippen LogP contribution in [0, 0.1) is 29.6 Å². The molecule has 0 amide bonds. The topological polar surface area (TPSA) is 9.23 Å². The molecule has 3 rings (SSSR count). The Morgan fingerprint density at radius 2 is 1.50 bits per heavy atom. The highest BCUT2D eigenvalue weighted by molar-refractivity contribution is 4.94. The molecule has 0 N–H and O–H groups in total. The maximum Gasteiger partial charge on any atom is 0.108 e. The predicted octanol–water partition coefficient (Wildman–Crippen LogP) is 5.23. The molecule has 1 saturated heterocycles. The standard InChI is InChI=1S/C19H30F4O/c1-11-2-5-19(24-10-11)12-3-4-14(16(21)6-12)13-7-17(22)15(9-20)18(23)8-13/h11-19H,2-10H2,1H3. The predicted molar refractivity (Wildman–Crippen MR) is 85.8 cm³/mol. The van der Waals surface area contributed by atoms with Crippen molar-refractivity contribution >= 4 is 0 Å². The molecule has 0 aromatic carbocycles. The number of hydrogen-bond acceptors (Lipinski definition) is 1. The Labute approximate surface area is 142 Å². The number of ether oxygens (including phenoxy) is 1. The summed E-state index contributed by atoms with van der Waals surface area (Å²) >= 11 is 0. The van der Waals surface area contributed by atoms with Crippen molar-refractivity contribution < 1.29 is 22.3 Å². The van der Waals surface area contributed by atoms with Gasteiger partial charge in [-0.3, -0.25) is 4.39 Å². The number of hydrogen-bond donors (Lipinski definition) is 0. The zero-order valence-corrected chi connectivity index (χ0v) is 14.5. The molecule has 0 radical (unpaired) electrons. The van der Waals surface area contributed by atoms with Gasteiger partial charge in [0.2, 0.25) is 0 Å². The first-order chi connectivity index (χ1) is 11.5. The number of rotatable bonds is 3. The number of halogens is 4. The van der Waals surface area contributed by atoms with Crippen LogP contribution < -0.4 is 0 Å². The monoisotopic (exact) mass is 350 g/mol. The van der Waals surface area contributed by atoms with Gasteiger partial charge < -0.3 is 4.74 Å². The normalized spacial score (nSPS) is 50.6. The van der Waals surface area contributed by atoms with Crippen molar-refractivity contribution in [2.75, 3.05) is 13.3 Å². The van der Waals surface area contributed by atoms with Crippen LogP contribution in [-0.4, -0.2) is 37.9 Å². The van der Waals surface area contributed by atoms with Crippen molar-refractivity contribution in [1.82, 2.24) is 0 Å². The zero-order chi connectivity index (χ0) is 17.3. The Balaban J connectivity index is 1.54. The molecule has 7 atom stereocenters. The molecular weight excluding hydrogens is 320 g/mol. The van der Waals surface area contributed by atoms with Gasteiger partial charge in [0, 0.05) is 12.5 Å². The van der Waals surface area contributed by atoms with E-state index in [0.29, 0.717) is 18.8 Å².